The van der Waals surface area contributed by atoms with Crippen molar-refractivity contribution < 1.29 is 33.7 Å². The summed E-state index contributed by atoms with van der Waals surface area (Å²) >= 11 is 1.61. The van der Waals surface area contributed by atoms with E-state index in [9.17, 15) is 19.5 Å². The summed E-state index contributed by atoms with van der Waals surface area (Å²) in [5.74, 6) is -0.306. The molecule has 3 aromatic carbocycles. The van der Waals surface area contributed by atoms with Gasteiger partial charge in [-0.1, -0.05) is 85.4 Å². The predicted molar refractivity (Wildman–Crippen MR) is 174 cm³/mol. The highest BCUT2D eigenvalue weighted by atomic mass is 32.2. The zero-order chi connectivity index (χ0) is 32.9. The number of imidazole rings is 1. The molecule has 0 aliphatic carbocycles. The minimum absolute atomic E-state index is 0.00178. The number of benzene rings is 3. The number of thioether (sulfide) groups is 1. The molecule has 11 nitrogen and oxygen atoms in total. The van der Waals surface area contributed by atoms with E-state index in [-0.39, 0.29) is 37.8 Å². The number of alkyl carbamates (subject to hydrolysis) is 1. The van der Waals surface area contributed by atoms with Crippen LogP contribution in [0.1, 0.15) is 48.0 Å². The van der Waals surface area contributed by atoms with Crippen molar-refractivity contribution in [2.24, 2.45) is 13.0 Å². The van der Waals surface area contributed by atoms with Gasteiger partial charge in [0.25, 0.3) is 5.91 Å². The van der Waals surface area contributed by atoms with Crippen LogP contribution in [-0.2, 0) is 44.1 Å². The molecule has 0 radical (unpaired) electrons. The molecule has 5 atom stereocenters. The largest absolute Gasteiger partial charge is 0.445 e. The molecule has 47 heavy (non-hydrogen) atoms. The lowest BCUT2D eigenvalue weighted by Crippen LogP contribution is -2.42. The van der Waals surface area contributed by atoms with E-state index in [1.807, 2.05) is 72.4 Å². The molecule has 1 aromatic heterocycles. The second-order valence-electron chi connectivity index (χ2n) is 11.6. The highest BCUT2D eigenvalue weighted by Gasteiger charge is 2.42. The molecule has 0 saturated carbocycles. The molecule has 2 N–H and O–H groups in total. The number of carbonyl (C=O) groups excluding carboxylic acids is 3. The number of hydrogen-bond donors (Lipinski definition) is 2. The van der Waals surface area contributed by atoms with E-state index in [1.165, 1.54) is 0 Å². The second kappa shape index (κ2) is 14.5. The number of carbonyl (C=O) groups is 3. The van der Waals surface area contributed by atoms with Gasteiger partial charge in [-0.05, 0) is 28.8 Å². The molecule has 2 aliphatic rings. The summed E-state index contributed by atoms with van der Waals surface area (Å²) in [6.45, 7) is 2.10. The Kier molecular flexibility index (Phi) is 10.0. The molecule has 6 rings (SSSR count). The maximum Gasteiger partial charge on any atom is 0.408 e. The fourth-order valence-electron chi connectivity index (χ4n) is 5.66. The molecule has 4 aromatic rings. The summed E-state index contributed by atoms with van der Waals surface area (Å²) in [5, 5.41) is 12.9. The average molecular weight is 657 g/mol. The summed E-state index contributed by atoms with van der Waals surface area (Å²) in [6, 6.07) is 22.8. The van der Waals surface area contributed by atoms with Crippen molar-refractivity contribution in [3.63, 3.8) is 0 Å². The van der Waals surface area contributed by atoms with Gasteiger partial charge in [0, 0.05) is 36.7 Å². The van der Waals surface area contributed by atoms with Crippen LogP contribution in [0.2, 0.25) is 0 Å². The third-order valence-corrected chi connectivity index (χ3v) is 9.50. The first-order valence-electron chi connectivity index (χ1n) is 15.4. The van der Waals surface area contributed by atoms with E-state index < -0.39 is 30.2 Å². The maximum absolute atomic E-state index is 13.2. The van der Waals surface area contributed by atoms with Crippen molar-refractivity contribution in [3.05, 3.63) is 114 Å². The number of ether oxygens (including phenoxy) is 3. The van der Waals surface area contributed by atoms with Gasteiger partial charge < -0.3 is 29.2 Å². The van der Waals surface area contributed by atoms with Gasteiger partial charge in [0.2, 0.25) is 5.91 Å². The number of aliphatic hydroxyl groups excluding tert-OH is 1. The van der Waals surface area contributed by atoms with Gasteiger partial charge in [0.05, 0.1) is 30.9 Å². The Morgan fingerprint density at radius 1 is 1.00 bits per heavy atom. The minimum Gasteiger partial charge on any atom is -0.445 e. The Balaban J connectivity index is 1.14. The van der Waals surface area contributed by atoms with Gasteiger partial charge in [-0.3, -0.25) is 9.59 Å². The quantitative estimate of drug-likeness (QED) is 0.178. The number of nitrogens with one attached hydrogen (secondary N) is 1. The molecule has 2 saturated heterocycles. The van der Waals surface area contributed by atoms with Crippen LogP contribution in [0, 0.1) is 5.92 Å². The van der Waals surface area contributed by atoms with E-state index in [0.29, 0.717) is 11.4 Å². The van der Waals surface area contributed by atoms with Gasteiger partial charge in [0.15, 0.2) is 11.4 Å². The van der Waals surface area contributed by atoms with E-state index in [0.717, 1.165) is 32.3 Å². The zero-order valence-corrected chi connectivity index (χ0v) is 26.8. The molecule has 244 valence electrons. The lowest BCUT2D eigenvalue weighted by molar-refractivity contribution is -0.268. The van der Waals surface area contributed by atoms with Crippen LogP contribution >= 0.6 is 11.8 Å². The smallest absolute Gasteiger partial charge is 0.408 e. The molecule has 2 aliphatic heterocycles. The van der Waals surface area contributed by atoms with E-state index in [4.69, 9.17) is 14.2 Å². The van der Waals surface area contributed by atoms with Crippen LogP contribution < -0.4 is 10.2 Å². The summed E-state index contributed by atoms with van der Waals surface area (Å²) in [7, 11) is 1.95. The van der Waals surface area contributed by atoms with Crippen molar-refractivity contribution >= 4 is 35.4 Å². The van der Waals surface area contributed by atoms with Gasteiger partial charge in [0.1, 0.15) is 12.6 Å². The van der Waals surface area contributed by atoms with Crippen LogP contribution in [-0.4, -0.2) is 50.5 Å². The molecule has 0 bridgehead atoms. The van der Waals surface area contributed by atoms with Gasteiger partial charge in [-0.15, -0.1) is 0 Å². The van der Waals surface area contributed by atoms with Crippen molar-refractivity contribution in [1.29, 1.82) is 0 Å². The Morgan fingerprint density at radius 3 is 2.40 bits per heavy atom. The number of amides is 3. The number of rotatable bonds is 10. The number of hydrogen-bond acceptors (Lipinski definition) is 9. The Hall–Kier alpha value is -4.49. The first-order valence-corrected chi connectivity index (χ1v) is 16.3. The molecule has 12 heteroatoms. The van der Waals surface area contributed by atoms with E-state index in [2.05, 4.69) is 17.2 Å². The summed E-state index contributed by atoms with van der Waals surface area (Å²) in [5.41, 5.74) is 3.70. The minimum atomic E-state index is -1.02. The van der Waals surface area contributed by atoms with Crippen molar-refractivity contribution in [1.82, 2.24) is 14.9 Å². The van der Waals surface area contributed by atoms with Crippen LogP contribution in [0.5, 0.6) is 0 Å². The van der Waals surface area contributed by atoms with Crippen molar-refractivity contribution in [2.75, 3.05) is 10.7 Å². The van der Waals surface area contributed by atoms with Crippen LogP contribution in [0.15, 0.2) is 96.4 Å². The lowest BCUT2D eigenvalue weighted by atomic mass is 9.91. The molecular formula is C35H36N4O7S. The van der Waals surface area contributed by atoms with Gasteiger partial charge in [-0.2, -0.15) is 0 Å². The Morgan fingerprint density at radius 2 is 1.72 bits per heavy atom. The maximum atomic E-state index is 13.2. The van der Waals surface area contributed by atoms with Gasteiger partial charge in [-0.25, -0.2) is 14.7 Å². The SMILES string of the molecule is C[C@H]1[C@@H](CSc2nccn2C)O[C@@H](c2ccc(N3C(=O)CC(NC(=O)OCc4ccccc4)C3=O)cc2)O[C@H]1c1ccc(CO)cc1. The standard InChI is InChI=1S/C35H36N4O7S/c1-22-29(21-47-34-36-16-17-38(34)2)45-33(46-31(22)25-10-8-23(19-40)9-11-25)26-12-14-27(15-13-26)39-30(41)18-28(32(39)42)37-35(43)44-20-24-6-4-3-5-7-24/h3-17,22,28-29,31,33,40H,18-21H2,1-2H3,(H,37,43)/t22-,28?,29+,31+,33+/m0/s1. The van der Waals surface area contributed by atoms with Crippen LogP contribution in [0.4, 0.5) is 10.5 Å². The molecular weight excluding hydrogens is 620 g/mol. The van der Waals surface area contributed by atoms with Crippen molar-refractivity contribution in [2.45, 2.75) is 56.3 Å². The number of nitrogens with zero attached hydrogens (tertiary/aromatic N) is 3. The van der Waals surface area contributed by atoms with E-state index >= 15 is 0 Å². The monoisotopic (exact) mass is 656 g/mol. The molecule has 1 unspecified atom stereocenters. The summed E-state index contributed by atoms with van der Waals surface area (Å²) < 4.78 is 20.2. The Labute approximate surface area is 276 Å². The zero-order valence-electron chi connectivity index (χ0n) is 26.0. The van der Waals surface area contributed by atoms with Crippen molar-refractivity contribution in [3.8, 4) is 0 Å². The molecule has 3 amide bonds. The fourth-order valence-corrected chi connectivity index (χ4v) is 6.76. The second-order valence-corrected chi connectivity index (χ2v) is 12.6. The number of anilines is 1. The molecule has 0 spiro atoms. The fraction of sp³-hybridized carbons (Fsp3) is 0.314. The highest BCUT2D eigenvalue weighted by molar-refractivity contribution is 7.99. The highest BCUT2D eigenvalue weighted by Crippen LogP contribution is 2.43. The first kappa shape index (κ1) is 32.5. The third-order valence-electron chi connectivity index (χ3n) is 8.35. The normalized spacial score (nSPS) is 22.8. The summed E-state index contributed by atoms with van der Waals surface area (Å²) in [6.07, 6.45) is 1.54. The number of aromatic nitrogens is 2. The van der Waals surface area contributed by atoms with Crippen LogP contribution in [0.3, 0.4) is 0 Å². The number of imide groups is 1. The third kappa shape index (κ3) is 7.41. The lowest BCUT2D eigenvalue weighted by Gasteiger charge is -2.41. The summed E-state index contributed by atoms with van der Waals surface area (Å²) in [4.78, 5) is 44.0. The first-order chi connectivity index (χ1) is 22.8. The van der Waals surface area contributed by atoms with Gasteiger partial charge >= 0.3 is 6.09 Å². The number of aryl methyl sites for hydroxylation is 1. The predicted octanol–water partition coefficient (Wildman–Crippen LogP) is 5.05. The van der Waals surface area contributed by atoms with Crippen LogP contribution in [0.25, 0.3) is 0 Å². The topological polar surface area (TPSA) is 132 Å². The Bertz CT molecular complexity index is 1700. The molecule has 3 heterocycles. The average Bonchev–Trinajstić information content (AvgIpc) is 3.63. The molecule has 2 fully saturated rings. The number of aliphatic hydroxyl groups is 1. The van der Waals surface area contributed by atoms with E-state index in [1.54, 1.807) is 42.2 Å².